The average molecular weight is 336 g/mol. The summed E-state index contributed by atoms with van der Waals surface area (Å²) in [5, 5.41) is 6.02. The standard InChI is InChI=1S/C15H20N4O3S/c1-2-22-15(20)11-9-17-13(14-16-3-8-23-14)18-12(11)10-19-4-6-21-7-5-19/h3,8H,2,4-7,9-10H2,1H3,(H,17,18). The van der Waals surface area contributed by atoms with Crippen molar-refractivity contribution < 1.29 is 14.3 Å². The first-order chi connectivity index (χ1) is 11.3. The molecule has 0 atom stereocenters. The lowest BCUT2D eigenvalue weighted by Gasteiger charge is -2.30. The highest BCUT2D eigenvalue weighted by Gasteiger charge is 2.25. The number of hydrogen-bond acceptors (Lipinski definition) is 8. The summed E-state index contributed by atoms with van der Waals surface area (Å²) in [5.41, 5.74) is 1.45. The Morgan fingerprint density at radius 2 is 2.30 bits per heavy atom. The molecule has 7 nitrogen and oxygen atoms in total. The molecule has 8 heteroatoms. The number of aliphatic imine (C=N–C) groups is 1. The molecule has 0 aromatic carbocycles. The zero-order chi connectivity index (χ0) is 16.1. The van der Waals surface area contributed by atoms with Crippen LogP contribution in [0.3, 0.4) is 0 Å². The third-order valence-corrected chi connectivity index (χ3v) is 4.45. The number of esters is 1. The first-order valence-corrected chi connectivity index (χ1v) is 8.56. The van der Waals surface area contributed by atoms with Crippen LogP contribution in [0.25, 0.3) is 0 Å². The van der Waals surface area contributed by atoms with E-state index in [1.54, 1.807) is 13.1 Å². The van der Waals surface area contributed by atoms with Gasteiger partial charge in [0, 0.05) is 36.9 Å². The fourth-order valence-electron chi connectivity index (χ4n) is 2.50. The molecule has 3 heterocycles. The largest absolute Gasteiger partial charge is 0.463 e. The summed E-state index contributed by atoms with van der Waals surface area (Å²) in [5.74, 6) is 0.418. The maximum atomic E-state index is 12.2. The third-order valence-electron chi connectivity index (χ3n) is 3.67. The molecule has 0 radical (unpaired) electrons. The van der Waals surface area contributed by atoms with Gasteiger partial charge in [-0.05, 0) is 6.92 Å². The minimum Gasteiger partial charge on any atom is -0.463 e. The van der Waals surface area contributed by atoms with Gasteiger partial charge in [0.05, 0.1) is 31.9 Å². The van der Waals surface area contributed by atoms with Gasteiger partial charge in [0.25, 0.3) is 0 Å². The quantitative estimate of drug-likeness (QED) is 0.796. The Hall–Kier alpha value is -1.77. The molecule has 0 bridgehead atoms. The second-order valence-electron chi connectivity index (χ2n) is 5.19. The maximum Gasteiger partial charge on any atom is 0.337 e. The molecule has 2 aliphatic rings. The summed E-state index contributed by atoms with van der Waals surface area (Å²) in [6.45, 7) is 6.28. The molecular weight excluding hydrogens is 316 g/mol. The van der Waals surface area contributed by atoms with Crippen molar-refractivity contribution in [3.63, 3.8) is 0 Å². The predicted octanol–water partition coefficient (Wildman–Crippen LogP) is 0.642. The highest BCUT2D eigenvalue weighted by Crippen LogP contribution is 2.16. The molecule has 1 aromatic rings. The van der Waals surface area contributed by atoms with E-state index in [1.807, 2.05) is 5.38 Å². The zero-order valence-electron chi connectivity index (χ0n) is 13.1. The molecule has 124 valence electrons. The van der Waals surface area contributed by atoms with E-state index >= 15 is 0 Å². The van der Waals surface area contributed by atoms with Crippen molar-refractivity contribution in [1.29, 1.82) is 0 Å². The highest BCUT2D eigenvalue weighted by atomic mass is 32.1. The van der Waals surface area contributed by atoms with Crippen LogP contribution >= 0.6 is 11.3 Å². The second-order valence-corrected chi connectivity index (χ2v) is 6.09. The van der Waals surface area contributed by atoms with E-state index in [0.717, 1.165) is 42.8 Å². The van der Waals surface area contributed by atoms with Crippen molar-refractivity contribution in [1.82, 2.24) is 15.2 Å². The monoisotopic (exact) mass is 336 g/mol. The van der Waals surface area contributed by atoms with Crippen LogP contribution in [0.5, 0.6) is 0 Å². The smallest absolute Gasteiger partial charge is 0.337 e. The summed E-state index contributed by atoms with van der Waals surface area (Å²) >= 11 is 1.52. The minimum atomic E-state index is -0.301. The molecule has 0 aliphatic carbocycles. The number of thiazole rings is 1. The van der Waals surface area contributed by atoms with Gasteiger partial charge in [0.15, 0.2) is 10.8 Å². The Morgan fingerprint density at radius 1 is 1.48 bits per heavy atom. The number of nitrogens with zero attached hydrogens (tertiary/aromatic N) is 3. The van der Waals surface area contributed by atoms with Gasteiger partial charge in [-0.1, -0.05) is 0 Å². The molecule has 1 fully saturated rings. The van der Waals surface area contributed by atoms with Crippen molar-refractivity contribution in [3.05, 3.63) is 27.9 Å². The van der Waals surface area contributed by atoms with Crippen LogP contribution in [-0.2, 0) is 14.3 Å². The fraction of sp³-hybridized carbons (Fsp3) is 0.533. The Labute approximate surface area is 139 Å². The van der Waals surface area contributed by atoms with Crippen LogP contribution in [0.4, 0.5) is 0 Å². The van der Waals surface area contributed by atoms with Gasteiger partial charge in [0.2, 0.25) is 0 Å². The van der Waals surface area contributed by atoms with Crippen LogP contribution in [0.2, 0.25) is 0 Å². The number of morpholine rings is 1. The molecule has 1 saturated heterocycles. The SMILES string of the molecule is CCOC(=O)C1=C(CN2CCOCC2)NC(c2nccs2)=NC1. The normalized spacial score (nSPS) is 19.3. The number of carbonyl (C=O) groups is 1. The lowest BCUT2D eigenvalue weighted by Crippen LogP contribution is -2.43. The Bertz CT molecular complexity index is 606. The van der Waals surface area contributed by atoms with E-state index < -0.39 is 0 Å². The van der Waals surface area contributed by atoms with Gasteiger partial charge in [-0.15, -0.1) is 11.3 Å². The Balaban J connectivity index is 1.78. The Kier molecular flexibility index (Phi) is 5.37. The van der Waals surface area contributed by atoms with E-state index in [0.29, 0.717) is 25.3 Å². The summed E-state index contributed by atoms with van der Waals surface area (Å²) in [6, 6.07) is 0. The zero-order valence-corrected chi connectivity index (χ0v) is 13.9. The van der Waals surface area contributed by atoms with Gasteiger partial charge >= 0.3 is 5.97 Å². The minimum absolute atomic E-state index is 0.301. The number of rotatable bonds is 5. The molecule has 3 rings (SSSR count). The number of nitrogens with one attached hydrogen (secondary N) is 1. The average Bonchev–Trinajstić information content (AvgIpc) is 3.10. The number of ether oxygens (including phenoxy) is 2. The fourth-order valence-corrected chi connectivity index (χ4v) is 3.10. The Morgan fingerprint density at radius 3 is 3.00 bits per heavy atom. The van der Waals surface area contributed by atoms with E-state index in [9.17, 15) is 4.79 Å². The van der Waals surface area contributed by atoms with Crippen LogP contribution in [0.15, 0.2) is 27.8 Å². The topological polar surface area (TPSA) is 76.0 Å². The highest BCUT2D eigenvalue weighted by molar-refractivity contribution is 7.11. The molecule has 0 saturated carbocycles. The van der Waals surface area contributed by atoms with Crippen LogP contribution in [0.1, 0.15) is 11.9 Å². The number of aromatic nitrogens is 1. The molecule has 23 heavy (non-hydrogen) atoms. The van der Waals surface area contributed by atoms with Gasteiger partial charge < -0.3 is 14.8 Å². The first-order valence-electron chi connectivity index (χ1n) is 7.68. The molecule has 0 spiro atoms. The summed E-state index contributed by atoms with van der Waals surface area (Å²) in [6.07, 6.45) is 1.75. The molecule has 0 amide bonds. The summed E-state index contributed by atoms with van der Waals surface area (Å²) in [7, 11) is 0. The lowest BCUT2D eigenvalue weighted by atomic mass is 10.1. The van der Waals surface area contributed by atoms with Crippen LogP contribution in [0, 0.1) is 0 Å². The second kappa shape index (κ2) is 7.67. The summed E-state index contributed by atoms with van der Waals surface area (Å²) < 4.78 is 10.5. The first kappa shape index (κ1) is 16.1. The maximum absolute atomic E-state index is 12.2. The van der Waals surface area contributed by atoms with Crippen molar-refractivity contribution in [2.75, 3.05) is 46.0 Å². The van der Waals surface area contributed by atoms with Gasteiger partial charge in [-0.25, -0.2) is 9.78 Å². The van der Waals surface area contributed by atoms with E-state index in [1.165, 1.54) is 11.3 Å². The van der Waals surface area contributed by atoms with Crippen molar-refractivity contribution in [2.45, 2.75) is 6.92 Å². The van der Waals surface area contributed by atoms with E-state index in [2.05, 4.69) is 20.2 Å². The summed E-state index contributed by atoms with van der Waals surface area (Å²) in [4.78, 5) is 23.2. The molecule has 2 aliphatic heterocycles. The van der Waals surface area contributed by atoms with Gasteiger partial charge in [-0.2, -0.15) is 0 Å². The lowest BCUT2D eigenvalue weighted by molar-refractivity contribution is -0.138. The van der Waals surface area contributed by atoms with Crippen molar-refractivity contribution in [2.24, 2.45) is 4.99 Å². The van der Waals surface area contributed by atoms with E-state index in [-0.39, 0.29) is 5.97 Å². The van der Waals surface area contributed by atoms with Gasteiger partial charge in [-0.3, -0.25) is 9.89 Å². The van der Waals surface area contributed by atoms with E-state index in [4.69, 9.17) is 9.47 Å². The van der Waals surface area contributed by atoms with Crippen molar-refractivity contribution >= 4 is 23.1 Å². The third kappa shape index (κ3) is 3.95. The van der Waals surface area contributed by atoms with Crippen LogP contribution < -0.4 is 5.32 Å². The molecule has 1 N–H and O–H groups in total. The van der Waals surface area contributed by atoms with Crippen LogP contribution in [-0.4, -0.2) is 67.7 Å². The molecular formula is C15H20N4O3S. The molecule has 1 aromatic heterocycles. The number of carbonyl (C=O) groups excluding carboxylic acids is 1. The predicted molar refractivity (Wildman–Crippen MR) is 87.6 cm³/mol. The number of hydrogen-bond donors (Lipinski definition) is 1. The molecule has 0 unspecified atom stereocenters. The van der Waals surface area contributed by atoms with Crippen molar-refractivity contribution in [3.8, 4) is 0 Å². The van der Waals surface area contributed by atoms with Gasteiger partial charge in [0.1, 0.15) is 0 Å². The number of amidine groups is 1.